The second-order valence-corrected chi connectivity index (χ2v) is 17.9. The number of halogens is 3. The lowest BCUT2D eigenvalue weighted by molar-refractivity contribution is -0.0930. The standard InChI is InChI=1S/C36H42ClFIN8O2P/c1-21-12-29-27(16-40-47(29)50-39)31(32(21)37)30-22(2)46(26-14-36(15-26)19-44(20-36)34(48)49-35(3,4)5)42-33(30)23-6-7-28-24(13-23)17-45(41-28)11-10-43-9-8-25(38)18-43/h6-7,12-13,16-17,25-26,50H,8-11,14-15,18-20H2,1-5H3/t25-/m0/s1. The lowest BCUT2D eigenvalue weighted by atomic mass is 9.61. The molecule has 2 aliphatic heterocycles. The molecule has 8 rings (SSSR count). The average Bonchev–Trinajstić information content (AvgIpc) is 3.80. The Labute approximate surface area is 310 Å². The number of hydrogen-bond acceptors (Lipinski definition) is 6. The van der Waals surface area contributed by atoms with Crippen LogP contribution in [0.4, 0.5) is 9.18 Å². The molecule has 1 saturated carbocycles. The molecule has 264 valence electrons. The highest BCUT2D eigenvalue weighted by Gasteiger charge is 2.55. The first-order valence-corrected chi connectivity index (χ1v) is 21.7. The van der Waals surface area contributed by atoms with E-state index in [1.165, 1.54) is 0 Å². The van der Waals surface area contributed by atoms with Crippen molar-refractivity contribution in [3.63, 3.8) is 0 Å². The summed E-state index contributed by atoms with van der Waals surface area (Å²) in [6.07, 6.45) is 6.02. The largest absolute Gasteiger partial charge is 0.444 e. The molecule has 3 aromatic heterocycles. The molecule has 0 bridgehead atoms. The van der Waals surface area contributed by atoms with Gasteiger partial charge in [-0.25, -0.2) is 13.6 Å². The summed E-state index contributed by atoms with van der Waals surface area (Å²) >= 11 is 9.59. The summed E-state index contributed by atoms with van der Waals surface area (Å²) in [5, 5.41) is 17.7. The van der Waals surface area contributed by atoms with Crippen molar-refractivity contribution in [3.8, 4) is 22.4 Å². The summed E-state index contributed by atoms with van der Waals surface area (Å²) in [5.41, 5.74) is 7.48. The fourth-order valence-corrected chi connectivity index (χ4v) is 9.90. The summed E-state index contributed by atoms with van der Waals surface area (Å²) in [5.74, 6) is 0. The van der Waals surface area contributed by atoms with Gasteiger partial charge in [0.1, 0.15) is 17.5 Å². The summed E-state index contributed by atoms with van der Waals surface area (Å²) in [6.45, 7) is 14.1. The third kappa shape index (κ3) is 6.11. The fraction of sp³-hybridized carbons (Fsp3) is 0.500. The molecule has 0 N–H and O–H groups in total. The highest BCUT2D eigenvalue weighted by atomic mass is 127. The number of rotatable bonds is 7. The van der Waals surface area contributed by atoms with Crippen LogP contribution in [0.5, 0.6) is 0 Å². The fourth-order valence-electron chi connectivity index (χ4n) is 8.12. The maximum atomic E-state index is 13.7. The molecule has 50 heavy (non-hydrogen) atoms. The van der Waals surface area contributed by atoms with Crippen LogP contribution >= 0.6 is 40.0 Å². The minimum Gasteiger partial charge on any atom is -0.444 e. The number of amides is 1. The third-order valence-corrected chi connectivity index (χ3v) is 12.9. The summed E-state index contributed by atoms with van der Waals surface area (Å²) < 4.78 is 25.6. The van der Waals surface area contributed by atoms with E-state index in [-0.39, 0.29) is 17.6 Å². The zero-order valence-corrected chi connectivity index (χ0v) is 32.9. The molecule has 3 fully saturated rings. The molecule has 1 amide bonds. The zero-order valence-electron chi connectivity index (χ0n) is 29.0. The third-order valence-electron chi connectivity index (χ3n) is 10.5. The van der Waals surface area contributed by atoms with Crippen molar-refractivity contribution in [2.75, 3.05) is 32.7 Å². The smallest absolute Gasteiger partial charge is 0.410 e. The van der Waals surface area contributed by atoms with Gasteiger partial charge >= 0.3 is 6.09 Å². The van der Waals surface area contributed by atoms with Crippen molar-refractivity contribution in [1.82, 2.24) is 38.9 Å². The monoisotopic (exact) mass is 830 g/mol. The van der Waals surface area contributed by atoms with E-state index in [1.807, 2.05) is 41.0 Å². The zero-order chi connectivity index (χ0) is 35.1. The normalized spacial score (nSPS) is 19.8. The number of ether oxygens (including phenoxy) is 1. The minimum atomic E-state index is -0.725. The van der Waals surface area contributed by atoms with Crippen LogP contribution in [0.25, 0.3) is 44.2 Å². The minimum absolute atomic E-state index is 0.102. The molecule has 1 unspecified atom stereocenters. The second-order valence-electron chi connectivity index (χ2n) is 15.5. The van der Waals surface area contributed by atoms with Crippen molar-refractivity contribution in [3.05, 3.63) is 52.9 Å². The molecule has 1 spiro atoms. The first-order chi connectivity index (χ1) is 23.8. The number of fused-ring (bicyclic) bond motifs is 2. The van der Waals surface area contributed by atoms with Crippen LogP contribution in [0, 0.1) is 19.3 Å². The van der Waals surface area contributed by atoms with E-state index in [4.69, 9.17) is 31.6 Å². The van der Waals surface area contributed by atoms with Gasteiger partial charge < -0.3 is 9.64 Å². The second kappa shape index (κ2) is 12.7. The number of alkyl halides is 1. The first-order valence-electron chi connectivity index (χ1n) is 17.3. The molecule has 0 radical (unpaired) electrons. The number of aryl methyl sites for hydroxylation is 1. The quantitative estimate of drug-likeness (QED) is 0.121. The predicted octanol–water partition coefficient (Wildman–Crippen LogP) is 8.59. The molecule has 14 heteroatoms. The van der Waals surface area contributed by atoms with Gasteiger partial charge in [-0.05, 0) is 99.7 Å². The van der Waals surface area contributed by atoms with Crippen LogP contribution in [0.15, 0.2) is 36.7 Å². The van der Waals surface area contributed by atoms with E-state index in [1.54, 1.807) is 0 Å². The highest BCUT2D eigenvalue weighted by molar-refractivity contribution is 14.2. The summed E-state index contributed by atoms with van der Waals surface area (Å²) in [4.78, 5) is 16.7. The molecule has 2 aromatic carbocycles. The van der Waals surface area contributed by atoms with E-state index in [0.29, 0.717) is 44.0 Å². The molecule has 10 nitrogen and oxygen atoms in total. The van der Waals surface area contributed by atoms with Crippen molar-refractivity contribution >= 4 is 67.9 Å². The molecular formula is C36H42ClFIN8O2P. The van der Waals surface area contributed by atoms with Gasteiger partial charge in [0, 0.05) is 77.5 Å². The number of hydrogen-bond donors (Lipinski definition) is 0. The van der Waals surface area contributed by atoms with Crippen LogP contribution in [-0.2, 0) is 11.3 Å². The number of benzene rings is 2. The van der Waals surface area contributed by atoms with Crippen LogP contribution < -0.4 is 0 Å². The lowest BCUT2D eigenvalue weighted by Gasteiger charge is -2.58. The topological polar surface area (TPSA) is 86.2 Å². The molecule has 3 aliphatic rings. The highest BCUT2D eigenvalue weighted by Crippen LogP contribution is 2.56. The van der Waals surface area contributed by atoms with Gasteiger partial charge in [0.25, 0.3) is 0 Å². The van der Waals surface area contributed by atoms with Gasteiger partial charge in [-0.2, -0.15) is 15.3 Å². The number of nitrogens with zero attached hydrogens (tertiary/aromatic N) is 8. The van der Waals surface area contributed by atoms with Crippen molar-refractivity contribution in [1.29, 1.82) is 0 Å². The van der Waals surface area contributed by atoms with E-state index < -0.39 is 11.8 Å². The Hall–Kier alpha value is -2.80. The molecule has 1 aliphatic carbocycles. The van der Waals surface area contributed by atoms with E-state index >= 15 is 0 Å². The van der Waals surface area contributed by atoms with Gasteiger partial charge in [0.2, 0.25) is 0 Å². The number of carbonyl (C=O) groups excluding carboxylic acids is 1. The first kappa shape index (κ1) is 34.3. The van der Waals surface area contributed by atoms with Crippen LogP contribution in [0.3, 0.4) is 0 Å². The average molecular weight is 831 g/mol. The van der Waals surface area contributed by atoms with Gasteiger partial charge in [0.05, 0.1) is 41.2 Å². The Kier molecular flexibility index (Phi) is 8.71. The van der Waals surface area contributed by atoms with Gasteiger partial charge in [-0.15, -0.1) is 0 Å². The summed E-state index contributed by atoms with van der Waals surface area (Å²) in [7, 11) is 0. The van der Waals surface area contributed by atoms with Gasteiger partial charge in [-0.3, -0.25) is 14.3 Å². The number of likely N-dealkylation sites (tertiary alicyclic amines) is 2. The molecular weight excluding hydrogens is 789 g/mol. The maximum absolute atomic E-state index is 13.7. The van der Waals surface area contributed by atoms with Gasteiger partial charge in [0.15, 0.2) is 0 Å². The number of aromatic nitrogens is 6. The Balaban J connectivity index is 1.15. The maximum Gasteiger partial charge on any atom is 0.410 e. The van der Waals surface area contributed by atoms with Crippen molar-refractivity contribution in [2.45, 2.75) is 78.2 Å². The van der Waals surface area contributed by atoms with Crippen molar-refractivity contribution in [2.24, 2.45) is 5.41 Å². The molecule has 2 atom stereocenters. The van der Waals surface area contributed by atoms with Crippen molar-refractivity contribution < 1.29 is 13.9 Å². The summed E-state index contributed by atoms with van der Waals surface area (Å²) in [6, 6.07) is 8.67. The molecule has 5 aromatic rings. The SMILES string of the molecule is Cc1cc2c(cnn2PI)c(-c2c(-c3ccc4nn(CCN5CC[C@H](F)C5)cc4c3)nn(C3CC4(C3)CN(C(=O)OC(C)(C)C)C4)c2C)c1Cl. The van der Waals surface area contributed by atoms with E-state index in [2.05, 4.69) is 75.9 Å². The molecule has 2 saturated heterocycles. The predicted molar refractivity (Wildman–Crippen MR) is 206 cm³/mol. The van der Waals surface area contributed by atoms with Crippen LogP contribution in [0.2, 0.25) is 5.02 Å². The Morgan fingerprint density at radius 2 is 1.92 bits per heavy atom. The van der Waals surface area contributed by atoms with E-state index in [0.717, 1.165) is 81.4 Å². The van der Waals surface area contributed by atoms with Gasteiger partial charge in [-0.1, -0.05) is 17.7 Å². The van der Waals surface area contributed by atoms with Crippen LogP contribution in [0.1, 0.15) is 57.3 Å². The van der Waals surface area contributed by atoms with Crippen LogP contribution in [-0.4, -0.2) is 89.5 Å². The van der Waals surface area contributed by atoms with E-state index in [9.17, 15) is 9.18 Å². The number of carbonyl (C=O) groups is 1. The Morgan fingerprint density at radius 1 is 1.14 bits per heavy atom. The Bertz CT molecular complexity index is 2130. The molecule has 5 heterocycles. The Morgan fingerprint density at radius 3 is 2.62 bits per heavy atom. The lowest BCUT2D eigenvalue weighted by Crippen LogP contribution is -2.64.